The minimum atomic E-state index is -1.27. The summed E-state index contributed by atoms with van der Waals surface area (Å²) in [4.78, 5) is 33.8. The van der Waals surface area contributed by atoms with E-state index in [-0.39, 0.29) is 17.7 Å². The lowest BCUT2D eigenvalue weighted by atomic mass is 10.0. The molecule has 1 atom stereocenters. The maximum absolute atomic E-state index is 12.0. The first kappa shape index (κ1) is 15.2. The first-order valence-corrected chi connectivity index (χ1v) is 6.18. The van der Waals surface area contributed by atoms with Crippen molar-refractivity contribution >= 4 is 39.3 Å². The molecule has 1 amide bonds. The van der Waals surface area contributed by atoms with Crippen LogP contribution in [-0.2, 0) is 9.59 Å². The monoisotopic (exact) mass is 328 g/mol. The standard InChI is InChI=1S/C12H13BrN2O4/c1-6(16)15-10(12(18)19)5-11(17)8-4-7(13)2-3-9(8)14/h2-4,10H,5,14H2,1H3,(H,15,16)(H,18,19). The molecule has 0 heterocycles. The van der Waals surface area contributed by atoms with E-state index in [1.54, 1.807) is 12.1 Å². The second-order valence-corrected chi connectivity index (χ2v) is 4.87. The summed E-state index contributed by atoms with van der Waals surface area (Å²) in [7, 11) is 0. The predicted octanol–water partition coefficient (Wildman–Crippen LogP) is 1.19. The first-order chi connectivity index (χ1) is 8.81. The van der Waals surface area contributed by atoms with Crippen LogP contribution in [0.5, 0.6) is 0 Å². The van der Waals surface area contributed by atoms with Crippen molar-refractivity contribution < 1.29 is 19.5 Å². The third kappa shape index (κ3) is 4.36. The van der Waals surface area contributed by atoms with E-state index in [9.17, 15) is 14.4 Å². The Labute approximate surface area is 118 Å². The molecule has 19 heavy (non-hydrogen) atoms. The van der Waals surface area contributed by atoms with Gasteiger partial charge in [0, 0.05) is 29.1 Å². The minimum absolute atomic E-state index is 0.228. The van der Waals surface area contributed by atoms with E-state index >= 15 is 0 Å². The normalized spacial score (nSPS) is 11.7. The number of amides is 1. The lowest BCUT2D eigenvalue weighted by molar-refractivity contribution is -0.141. The molecule has 4 N–H and O–H groups in total. The second kappa shape index (κ2) is 6.33. The van der Waals surface area contributed by atoms with Crippen LogP contribution in [0.2, 0.25) is 0 Å². The van der Waals surface area contributed by atoms with Crippen LogP contribution in [0.3, 0.4) is 0 Å². The molecule has 1 unspecified atom stereocenters. The summed E-state index contributed by atoms with van der Waals surface area (Å²) < 4.78 is 0.663. The molecule has 7 heteroatoms. The molecule has 0 radical (unpaired) electrons. The number of halogens is 1. The summed E-state index contributed by atoms with van der Waals surface area (Å²) in [6, 6.07) is 3.48. The van der Waals surface area contributed by atoms with E-state index in [4.69, 9.17) is 10.8 Å². The third-order valence-electron chi connectivity index (χ3n) is 2.38. The molecule has 0 spiro atoms. The van der Waals surface area contributed by atoms with Gasteiger partial charge in [-0.3, -0.25) is 9.59 Å². The minimum Gasteiger partial charge on any atom is -0.480 e. The van der Waals surface area contributed by atoms with Gasteiger partial charge in [0.1, 0.15) is 6.04 Å². The molecule has 102 valence electrons. The number of carboxylic acids is 1. The molecular formula is C12H13BrN2O4. The van der Waals surface area contributed by atoms with Crippen LogP contribution in [0, 0.1) is 0 Å². The average Bonchev–Trinajstić information content (AvgIpc) is 2.30. The van der Waals surface area contributed by atoms with E-state index in [0.29, 0.717) is 4.47 Å². The van der Waals surface area contributed by atoms with Gasteiger partial charge in [-0.05, 0) is 18.2 Å². The number of carbonyl (C=O) groups excluding carboxylic acids is 2. The number of benzene rings is 1. The van der Waals surface area contributed by atoms with Gasteiger partial charge in [-0.1, -0.05) is 15.9 Å². The van der Waals surface area contributed by atoms with Crippen LogP contribution in [0.15, 0.2) is 22.7 Å². The molecule has 1 aromatic rings. The lowest BCUT2D eigenvalue weighted by Crippen LogP contribution is -2.41. The van der Waals surface area contributed by atoms with Crippen LogP contribution in [-0.4, -0.2) is 28.8 Å². The van der Waals surface area contributed by atoms with Crippen LogP contribution < -0.4 is 11.1 Å². The largest absolute Gasteiger partial charge is 0.480 e. The van der Waals surface area contributed by atoms with E-state index < -0.39 is 23.7 Å². The molecule has 0 aliphatic carbocycles. The Morgan fingerprint density at radius 1 is 1.42 bits per heavy atom. The zero-order valence-electron chi connectivity index (χ0n) is 10.1. The Morgan fingerprint density at radius 3 is 2.58 bits per heavy atom. The Hall–Kier alpha value is -1.89. The molecule has 0 aliphatic rings. The van der Waals surface area contributed by atoms with Gasteiger partial charge >= 0.3 is 5.97 Å². The number of nitrogens with one attached hydrogen (secondary N) is 1. The van der Waals surface area contributed by atoms with Gasteiger partial charge in [-0.15, -0.1) is 0 Å². The molecule has 1 aromatic carbocycles. The number of Topliss-reactive ketones (excluding diaryl/α,β-unsaturated/α-hetero) is 1. The molecule has 0 fully saturated rings. The maximum atomic E-state index is 12.0. The van der Waals surface area contributed by atoms with Crippen molar-refractivity contribution in [3.05, 3.63) is 28.2 Å². The topological polar surface area (TPSA) is 109 Å². The lowest BCUT2D eigenvalue weighted by Gasteiger charge is -2.13. The summed E-state index contributed by atoms with van der Waals surface area (Å²) in [5, 5.41) is 11.1. The van der Waals surface area contributed by atoms with Crippen molar-refractivity contribution in [2.24, 2.45) is 0 Å². The van der Waals surface area contributed by atoms with E-state index in [1.807, 2.05) is 0 Å². The fourth-order valence-electron chi connectivity index (χ4n) is 1.51. The van der Waals surface area contributed by atoms with Gasteiger partial charge in [-0.25, -0.2) is 4.79 Å². The molecule has 6 nitrogen and oxygen atoms in total. The number of hydrogen-bond donors (Lipinski definition) is 3. The number of carbonyl (C=O) groups is 3. The van der Waals surface area contributed by atoms with Crippen LogP contribution in [0.25, 0.3) is 0 Å². The third-order valence-corrected chi connectivity index (χ3v) is 2.87. The van der Waals surface area contributed by atoms with Crippen molar-refractivity contribution in [2.75, 3.05) is 5.73 Å². The van der Waals surface area contributed by atoms with Gasteiger partial charge in [-0.2, -0.15) is 0 Å². The number of hydrogen-bond acceptors (Lipinski definition) is 4. The van der Waals surface area contributed by atoms with Crippen LogP contribution >= 0.6 is 15.9 Å². The molecule has 0 bridgehead atoms. The molecular weight excluding hydrogens is 316 g/mol. The number of nitrogens with two attached hydrogens (primary N) is 1. The maximum Gasteiger partial charge on any atom is 0.326 e. The highest BCUT2D eigenvalue weighted by molar-refractivity contribution is 9.10. The molecule has 0 aromatic heterocycles. The number of ketones is 1. The number of anilines is 1. The van der Waals surface area contributed by atoms with Crippen molar-refractivity contribution in [1.82, 2.24) is 5.32 Å². The number of rotatable bonds is 5. The fraction of sp³-hybridized carbons (Fsp3) is 0.250. The van der Waals surface area contributed by atoms with Gasteiger partial charge in [0.05, 0.1) is 0 Å². The number of nitrogen functional groups attached to an aromatic ring is 1. The summed E-state index contributed by atoms with van der Waals surface area (Å²) >= 11 is 3.21. The van der Waals surface area contributed by atoms with Crippen molar-refractivity contribution in [1.29, 1.82) is 0 Å². The summed E-state index contributed by atoms with van der Waals surface area (Å²) in [6.45, 7) is 1.19. The second-order valence-electron chi connectivity index (χ2n) is 3.95. The SMILES string of the molecule is CC(=O)NC(CC(=O)c1cc(Br)ccc1N)C(=O)O. The van der Waals surface area contributed by atoms with Crippen LogP contribution in [0.4, 0.5) is 5.69 Å². The highest BCUT2D eigenvalue weighted by Crippen LogP contribution is 2.20. The predicted molar refractivity (Wildman–Crippen MR) is 72.7 cm³/mol. The zero-order valence-corrected chi connectivity index (χ0v) is 11.7. The molecule has 0 aliphatic heterocycles. The van der Waals surface area contributed by atoms with Gasteiger partial charge in [0.25, 0.3) is 0 Å². The van der Waals surface area contributed by atoms with Crippen molar-refractivity contribution in [2.45, 2.75) is 19.4 Å². The summed E-state index contributed by atoms with van der Waals surface area (Å²) in [6.07, 6.45) is -0.352. The van der Waals surface area contributed by atoms with E-state index in [1.165, 1.54) is 13.0 Å². The Balaban J connectivity index is 2.90. The highest BCUT2D eigenvalue weighted by atomic mass is 79.9. The molecule has 0 saturated heterocycles. The van der Waals surface area contributed by atoms with E-state index in [2.05, 4.69) is 21.2 Å². The smallest absolute Gasteiger partial charge is 0.326 e. The van der Waals surface area contributed by atoms with Crippen molar-refractivity contribution in [3.63, 3.8) is 0 Å². The van der Waals surface area contributed by atoms with Gasteiger partial charge < -0.3 is 16.2 Å². The van der Waals surface area contributed by atoms with E-state index in [0.717, 1.165) is 0 Å². The van der Waals surface area contributed by atoms with Crippen LogP contribution in [0.1, 0.15) is 23.7 Å². The number of aliphatic carboxylic acids is 1. The quantitative estimate of drug-likeness (QED) is 0.555. The number of carboxylic acid groups (broad SMARTS) is 1. The molecule has 0 saturated carbocycles. The average molecular weight is 329 g/mol. The fourth-order valence-corrected chi connectivity index (χ4v) is 1.87. The van der Waals surface area contributed by atoms with Crippen molar-refractivity contribution in [3.8, 4) is 0 Å². The first-order valence-electron chi connectivity index (χ1n) is 5.39. The summed E-state index contributed by atoms with van der Waals surface area (Å²) in [5.74, 6) is -2.22. The van der Waals surface area contributed by atoms with Gasteiger partial charge in [0.2, 0.25) is 5.91 Å². The molecule has 1 rings (SSSR count). The highest BCUT2D eigenvalue weighted by Gasteiger charge is 2.23. The Kier molecular flexibility index (Phi) is 5.05. The Bertz CT molecular complexity index is 530. The van der Waals surface area contributed by atoms with Gasteiger partial charge in [0.15, 0.2) is 5.78 Å². The Morgan fingerprint density at radius 2 is 2.05 bits per heavy atom. The zero-order chi connectivity index (χ0) is 14.6. The summed E-state index contributed by atoms with van der Waals surface area (Å²) in [5.41, 5.74) is 6.16.